The van der Waals surface area contributed by atoms with E-state index in [1.54, 1.807) is 11.0 Å². The minimum Gasteiger partial charge on any atom is -0.508 e. The number of benzene rings is 1. The number of phenols is 1. The number of aromatic hydroxyl groups is 1. The van der Waals surface area contributed by atoms with E-state index in [4.69, 9.17) is 5.73 Å². The highest BCUT2D eigenvalue weighted by Crippen LogP contribution is 2.39. The van der Waals surface area contributed by atoms with Crippen LogP contribution in [0.4, 0.5) is 0 Å². The summed E-state index contributed by atoms with van der Waals surface area (Å²) in [5.74, 6) is 1.51. The lowest BCUT2D eigenvalue weighted by molar-refractivity contribution is -0.131. The van der Waals surface area contributed by atoms with Gasteiger partial charge in [-0.1, -0.05) is 19.9 Å². The zero-order valence-corrected chi connectivity index (χ0v) is 21.1. The number of amides is 1. The Labute approximate surface area is 208 Å². The molecule has 1 aromatic heterocycles. The molecule has 7 nitrogen and oxygen atoms in total. The lowest BCUT2D eigenvalue weighted by Gasteiger charge is -2.39. The van der Waals surface area contributed by atoms with E-state index < -0.39 is 5.54 Å². The molecular formula is C28H37N5O2. The maximum Gasteiger partial charge on any atom is 0.257 e. The summed E-state index contributed by atoms with van der Waals surface area (Å²) < 4.78 is 0. The van der Waals surface area contributed by atoms with Gasteiger partial charge in [-0.3, -0.25) is 19.6 Å². The second kappa shape index (κ2) is 9.26. The molecule has 0 spiro atoms. The van der Waals surface area contributed by atoms with Crippen LogP contribution in [0.5, 0.6) is 5.75 Å². The van der Waals surface area contributed by atoms with Crippen LogP contribution in [0.15, 0.2) is 41.7 Å². The van der Waals surface area contributed by atoms with Gasteiger partial charge in [0.15, 0.2) is 5.96 Å². The Morgan fingerprint density at radius 3 is 2.63 bits per heavy atom. The van der Waals surface area contributed by atoms with E-state index in [0.29, 0.717) is 36.5 Å². The molecule has 0 bridgehead atoms. The molecule has 3 heterocycles. The van der Waals surface area contributed by atoms with Crippen molar-refractivity contribution in [1.82, 2.24) is 14.8 Å². The number of carbonyl (C=O) groups excluding carboxylic acids is 1. The Morgan fingerprint density at radius 2 is 1.89 bits per heavy atom. The van der Waals surface area contributed by atoms with Gasteiger partial charge in [0.05, 0.1) is 6.04 Å². The van der Waals surface area contributed by atoms with Gasteiger partial charge in [0.2, 0.25) is 0 Å². The molecule has 186 valence electrons. The number of pyridine rings is 1. The third-order valence-corrected chi connectivity index (χ3v) is 7.93. The molecule has 1 amide bonds. The number of hydrogen-bond acceptors (Lipinski definition) is 6. The maximum absolute atomic E-state index is 13.2. The van der Waals surface area contributed by atoms with Crippen molar-refractivity contribution < 1.29 is 9.90 Å². The molecule has 2 aromatic rings. The molecule has 1 fully saturated rings. The highest BCUT2D eigenvalue weighted by Gasteiger charge is 2.45. The average Bonchev–Trinajstić information content (AvgIpc) is 2.95. The number of aryl methyl sites for hydroxylation is 2. The highest BCUT2D eigenvalue weighted by atomic mass is 16.3. The lowest BCUT2D eigenvalue weighted by Crippen LogP contribution is -2.47. The number of aliphatic imine (C=N–C) groups is 1. The van der Waals surface area contributed by atoms with E-state index in [9.17, 15) is 9.90 Å². The largest absolute Gasteiger partial charge is 0.508 e. The normalized spacial score (nSPS) is 25.4. The number of nitrogens with two attached hydrogens (primary N) is 1. The second-order valence-electron chi connectivity index (χ2n) is 11.1. The molecule has 2 unspecified atom stereocenters. The van der Waals surface area contributed by atoms with Crippen LogP contribution in [0.2, 0.25) is 0 Å². The van der Waals surface area contributed by atoms with Crippen LogP contribution in [-0.2, 0) is 17.6 Å². The van der Waals surface area contributed by atoms with Gasteiger partial charge in [-0.05, 0) is 104 Å². The maximum atomic E-state index is 13.2. The summed E-state index contributed by atoms with van der Waals surface area (Å²) >= 11 is 0. The van der Waals surface area contributed by atoms with Gasteiger partial charge in [-0.25, -0.2) is 4.99 Å². The SMILES string of the molecule is CC(C)CC1(C)N=C(N)N(CC2CCN(C3c4ccc(O)cc4CCc4ccncc43)CC2)C1=O. The number of aromatic nitrogens is 1. The van der Waals surface area contributed by atoms with Crippen molar-refractivity contribution in [2.24, 2.45) is 22.6 Å². The predicted octanol–water partition coefficient (Wildman–Crippen LogP) is 3.65. The number of hydrogen-bond donors (Lipinski definition) is 2. The summed E-state index contributed by atoms with van der Waals surface area (Å²) in [4.78, 5) is 26.5. The number of piperidine rings is 1. The molecule has 1 aromatic carbocycles. The molecule has 0 saturated carbocycles. The van der Waals surface area contributed by atoms with Gasteiger partial charge in [0, 0.05) is 18.9 Å². The van der Waals surface area contributed by atoms with Gasteiger partial charge in [-0.2, -0.15) is 0 Å². The zero-order chi connectivity index (χ0) is 24.7. The monoisotopic (exact) mass is 475 g/mol. The van der Waals surface area contributed by atoms with Crippen LogP contribution < -0.4 is 5.73 Å². The van der Waals surface area contributed by atoms with Crippen LogP contribution in [-0.4, -0.2) is 56.9 Å². The van der Waals surface area contributed by atoms with Crippen molar-refractivity contribution in [2.45, 2.75) is 64.5 Å². The van der Waals surface area contributed by atoms with E-state index in [2.05, 4.69) is 40.9 Å². The Bertz CT molecular complexity index is 1140. The number of fused-ring (bicyclic) bond motifs is 2. The van der Waals surface area contributed by atoms with Crippen molar-refractivity contribution in [3.05, 3.63) is 58.9 Å². The first-order chi connectivity index (χ1) is 16.7. The molecule has 7 heteroatoms. The molecule has 2 aliphatic heterocycles. The van der Waals surface area contributed by atoms with E-state index in [1.807, 2.05) is 25.4 Å². The molecule has 0 radical (unpaired) electrons. The smallest absolute Gasteiger partial charge is 0.257 e. The topological polar surface area (TPSA) is 95.1 Å². The minimum atomic E-state index is -0.731. The van der Waals surface area contributed by atoms with Gasteiger partial charge >= 0.3 is 0 Å². The Balaban J connectivity index is 1.32. The Hall–Kier alpha value is -2.93. The molecule has 3 aliphatic rings. The van der Waals surface area contributed by atoms with Crippen LogP contribution >= 0.6 is 0 Å². The highest BCUT2D eigenvalue weighted by molar-refractivity contribution is 6.06. The average molecular weight is 476 g/mol. The van der Waals surface area contributed by atoms with E-state index >= 15 is 0 Å². The predicted molar refractivity (Wildman–Crippen MR) is 137 cm³/mol. The summed E-state index contributed by atoms with van der Waals surface area (Å²) in [6.45, 7) is 8.66. The van der Waals surface area contributed by atoms with Crippen LogP contribution in [0.3, 0.4) is 0 Å². The number of phenolic OH excluding ortho intramolecular Hbond substituents is 1. The van der Waals surface area contributed by atoms with Crippen molar-refractivity contribution in [3.8, 4) is 5.75 Å². The summed E-state index contributed by atoms with van der Waals surface area (Å²) in [6.07, 6.45) is 8.47. The second-order valence-corrected chi connectivity index (χ2v) is 11.1. The summed E-state index contributed by atoms with van der Waals surface area (Å²) in [5, 5.41) is 10.1. The van der Waals surface area contributed by atoms with Crippen LogP contribution in [0.1, 0.15) is 68.3 Å². The van der Waals surface area contributed by atoms with E-state index in [0.717, 1.165) is 38.8 Å². The first kappa shape index (κ1) is 23.8. The fourth-order valence-electron chi connectivity index (χ4n) is 6.33. The van der Waals surface area contributed by atoms with Crippen molar-refractivity contribution in [2.75, 3.05) is 19.6 Å². The number of nitrogens with zero attached hydrogens (tertiary/aromatic N) is 4. The van der Waals surface area contributed by atoms with Crippen LogP contribution in [0, 0.1) is 11.8 Å². The number of guanidine groups is 1. The summed E-state index contributed by atoms with van der Waals surface area (Å²) in [7, 11) is 0. The number of rotatable bonds is 5. The fraction of sp³-hybridized carbons (Fsp3) is 0.536. The van der Waals surface area contributed by atoms with E-state index in [1.165, 1.54) is 22.3 Å². The van der Waals surface area contributed by atoms with Crippen molar-refractivity contribution >= 4 is 11.9 Å². The fourth-order valence-corrected chi connectivity index (χ4v) is 6.33. The number of carbonyl (C=O) groups is 1. The lowest BCUT2D eigenvalue weighted by atomic mass is 9.89. The molecule has 3 N–H and O–H groups in total. The minimum absolute atomic E-state index is 0.0450. The molecule has 35 heavy (non-hydrogen) atoms. The Morgan fingerprint density at radius 1 is 1.14 bits per heavy atom. The first-order valence-corrected chi connectivity index (χ1v) is 12.9. The number of likely N-dealkylation sites (tertiary alicyclic amines) is 1. The van der Waals surface area contributed by atoms with Crippen molar-refractivity contribution in [3.63, 3.8) is 0 Å². The molecule has 2 atom stereocenters. The van der Waals surface area contributed by atoms with Gasteiger partial charge in [-0.15, -0.1) is 0 Å². The first-order valence-electron chi connectivity index (χ1n) is 12.9. The van der Waals surface area contributed by atoms with Crippen molar-refractivity contribution in [1.29, 1.82) is 0 Å². The van der Waals surface area contributed by atoms with Crippen LogP contribution in [0.25, 0.3) is 0 Å². The summed E-state index contributed by atoms with van der Waals surface area (Å²) in [5.41, 5.74) is 10.6. The zero-order valence-electron chi connectivity index (χ0n) is 21.1. The quantitative estimate of drug-likeness (QED) is 0.688. The van der Waals surface area contributed by atoms with E-state index in [-0.39, 0.29) is 11.9 Å². The molecule has 5 rings (SSSR count). The molecular weight excluding hydrogens is 438 g/mol. The third kappa shape index (κ3) is 4.54. The standard InChI is InChI=1S/C28H37N5O2/c1-18(2)15-28(3)26(35)33(27(29)31-28)17-19-9-12-32(13-10-19)25-23-7-6-22(34)14-21(23)5-4-20-8-11-30-16-24(20)25/h6-8,11,14,16,18-19,25,34H,4-5,9-10,12-13,15,17H2,1-3H3,(H2,29,31). The van der Waals surface area contributed by atoms with Gasteiger partial charge in [0.25, 0.3) is 5.91 Å². The molecule has 1 saturated heterocycles. The van der Waals surface area contributed by atoms with Gasteiger partial charge < -0.3 is 10.8 Å². The third-order valence-electron chi connectivity index (χ3n) is 7.93. The summed E-state index contributed by atoms with van der Waals surface area (Å²) in [6, 6.07) is 8.07. The van der Waals surface area contributed by atoms with Gasteiger partial charge in [0.1, 0.15) is 11.3 Å². The Kier molecular flexibility index (Phi) is 6.30. The molecule has 1 aliphatic carbocycles.